The molecule has 0 aromatic carbocycles. The maximum absolute atomic E-state index is 11.9. The summed E-state index contributed by atoms with van der Waals surface area (Å²) in [4.78, 5) is 13.6. The molecule has 19 heavy (non-hydrogen) atoms. The van der Waals surface area contributed by atoms with Crippen LogP contribution in [0.1, 0.15) is 41.0 Å². The van der Waals surface area contributed by atoms with E-state index in [9.17, 15) is 4.79 Å². The molecule has 0 bridgehead atoms. The van der Waals surface area contributed by atoms with Crippen LogP contribution in [0.15, 0.2) is 0 Å². The molecule has 1 atom stereocenters. The molecular formula is C14H28N2O3. The maximum atomic E-state index is 11.9. The summed E-state index contributed by atoms with van der Waals surface area (Å²) in [6.45, 7) is 12.7. The number of rotatable bonds is 5. The summed E-state index contributed by atoms with van der Waals surface area (Å²) in [7, 11) is 0. The first-order valence-corrected chi connectivity index (χ1v) is 7.11. The Morgan fingerprint density at radius 3 is 2.68 bits per heavy atom. The SMILES string of the molecule is CC(C)OCCNC1CCN(C(=O)OC(C)(C)C)C1. The summed E-state index contributed by atoms with van der Waals surface area (Å²) >= 11 is 0. The standard InChI is InChI=1S/C14H28N2O3/c1-11(2)18-9-7-15-12-6-8-16(10-12)13(17)19-14(3,4)5/h11-12,15H,6-10H2,1-5H3. The highest BCUT2D eigenvalue weighted by molar-refractivity contribution is 5.68. The van der Waals surface area contributed by atoms with Crippen molar-refractivity contribution in [2.45, 2.75) is 58.8 Å². The van der Waals surface area contributed by atoms with Gasteiger partial charge in [0.2, 0.25) is 0 Å². The first kappa shape index (κ1) is 16.2. The smallest absolute Gasteiger partial charge is 0.410 e. The van der Waals surface area contributed by atoms with Crippen molar-refractivity contribution >= 4 is 6.09 Å². The highest BCUT2D eigenvalue weighted by atomic mass is 16.6. The molecule has 0 spiro atoms. The number of ether oxygens (including phenoxy) is 2. The van der Waals surface area contributed by atoms with Gasteiger partial charge in [0.1, 0.15) is 5.60 Å². The minimum absolute atomic E-state index is 0.213. The molecule has 5 nitrogen and oxygen atoms in total. The number of hydrogen-bond acceptors (Lipinski definition) is 4. The largest absolute Gasteiger partial charge is 0.444 e. The van der Waals surface area contributed by atoms with Crippen LogP contribution in [-0.4, -0.2) is 55.0 Å². The summed E-state index contributed by atoms with van der Waals surface area (Å²) in [6.07, 6.45) is 1.03. The maximum Gasteiger partial charge on any atom is 0.410 e. The van der Waals surface area contributed by atoms with Gasteiger partial charge in [0, 0.05) is 25.7 Å². The van der Waals surface area contributed by atoms with Crippen LogP contribution in [0.3, 0.4) is 0 Å². The van der Waals surface area contributed by atoms with Gasteiger partial charge in [-0.05, 0) is 41.0 Å². The van der Waals surface area contributed by atoms with Crippen molar-refractivity contribution in [2.75, 3.05) is 26.2 Å². The topological polar surface area (TPSA) is 50.8 Å². The van der Waals surface area contributed by atoms with E-state index in [2.05, 4.69) is 5.32 Å². The van der Waals surface area contributed by atoms with Crippen LogP contribution in [0.4, 0.5) is 4.79 Å². The Kier molecular flexibility index (Phi) is 6.07. The van der Waals surface area contributed by atoms with Gasteiger partial charge in [0.05, 0.1) is 12.7 Å². The zero-order valence-electron chi connectivity index (χ0n) is 12.9. The van der Waals surface area contributed by atoms with Crippen molar-refractivity contribution in [1.82, 2.24) is 10.2 Å². The Labute approximate surface area is 116 Å². The van der Waals surface area contributed by atoms with Crippen LogP contribution in [0.5, 0.6) is 0 Å². The Hall–Kier alpha value is -0.810. The Morgan fingerprint density at radius 2 is 2.11 bits per heavy atom. The number of carbonyl (C=O) groups excluding carboxylic acids is 1. The third kappa shape index (κ3) is 6.78. The lowest BCUT2D eigenvalue weighted by Gasteiger charge is -2.24. The fraction of sp³-hybridized carbons (Fsp3) is 0.929. The van der Waals surface area contributed by atoms with Crippen LogP contribution >= 0.6 is 0 Å². The predicted molar refractivity (Wildman–Crippen MR) is 75.3 cm³/mol. The minimum atomic E-state index is -0.423. The highest BCUT2D eigenvalue weighted by Crippen LogP contribution is 2.15. The zero-order valence-corrected chi connectivity index (χ0v) is 12.9. The molecule has 0 aromatic heterocycles. The van der Waals surface area contributed by atoms with Gasteiger partial charge < -0.3 is 19.7 Å². The molecular weight excluding hydrogens is 244 g/mol. The zero-order chi connectivity index (χ0) is 14.5. The molecule has 112 valence electrons. The number of amides is 1. The molecule has 1 aliphatic heterocycles. The first-order chi connectivity index (χ1) is 8.78. The Balaban J connectivity index is 2.20. The fourth-order valence-electron chi connectivity index (χ4n) is 1.98. The molecule has 1 heterocycles. The molecule has 1 N–H and O–H groups in total. The third-order valence-corrected chi connectivity index (χ3v) is 2.83. The van der Waals surface area contributed by atoms with Gasteiger partial charge in [-0.25, -0.2) is 4.79 Å². The van der Waals surface area contributed by atoms with E-state index >= 15 is 0 Å². The van der Waals surface area contributed by atoms with Crippen LogP contribution < -0.4 is 5.32 Å². The summed E-state index contributed by atoms with van der Waals surface area (Å²) in [5.41, 5.74) is -0.423. The van der Waals surface area contributed by atoms with E-state index in [0.29, 0.717) is 12.6 Å². The predicted octanol–water partition coefficient (Wildman–Crippen LogP) is 2.01. The molecule has 1 rings (SSSR count). The lowest BCUT2D eigenvalue weighted by Crippen LogP contribution is -2.39. The Bertz CT molecular complexity index is 287. The van der Waals surface area contributed by atoms with Crippen molar-refractivity contribution in [2.24, 2.45) is 0 Å². The van der Waals surface area contributed by atoms with Gasteiger partial charge in [0.25, 0.3) is 0 Å². The third-order valence-electron chi connectivity index (χ3n) is 2.83. The number of nitrogens with zero attached hydrogens (tertiary/aromatic N) is 1. The number of hydrogen-bond donors (Lipinski definition) is 1. The van der Waals surface area contributed by atoms with Crippen molar-refractivity contribution in [3.8, 4) is 0 Å². The van der Waals surface area contributed by atoms with Gasteiger partial charge >= 0.3 is 6.09 Å². The van der Waals surface area contributed by atoms with E-state index in [4.69, 9.17) is 9.47 Å². The van der Waals surface area contributed by atoms with Crippen LogP contribution in [0.25, 0.3) is 0 Å². The molecule has 1 fully saturated rings. The van der Waals surface area contributed by atoms with Gasteiger partial charge in [-0.1, -0.05) is 0 Å². The molecule has 5 heteroatoms. The normalized spacial score (nSPS) is 20.1. The van der Waals surface area contributed by atoms with E-state index in [1.54, 1.807) is 4.90 Å². The molecule has 1 saturated heterocycles. The van der Waals surface area contributed by atoms with Crippen molar-refractivity contribution in [1.29, 1.82) is 0 Å². The molecule has 0 radical (unpaired) electrons. The average molecular weight is 272 g/mol. The van der Waals surface area contributed by atoms with E-state index in [1.165, 1.54) is 0 Å². The second-order valence-electron chi connectivity index (χ2n) is 6.29. The Morgan fingerprint density at radius 1 is 1.42 bits per heavy atom. The van der Waals surface area contributed by atoms with E-state index in [-0.39, 0.29) is 12.2 Å². The van der Waals surface area contributed by atoms with Crippen molar-refractivity contribution in [3.05, 3.63) is 0 Å². The number of likely N-dealkylation sites (tertiary alicyclic amines) is 1. The summed E-state index contributed by atoms with van der Waals surface area (Å²) in [5.74, 6) is 0. The molecule has 1 amide bonds. The lowest BCUT2D eigenvalue weighted by atomic mass is 10.2. The fourth-order valence-corrected chi connectivity index (χ4v) is 1.98. The highest BCUT2D eigenvalue weighted by Gasteiger charge is 2.29. The van der Waals surface area contributed by atoms with Crippen LogP contribution in [0, 0.1) is 0 Å². The van der Waals surface area contributed by atoms with E-state index in [1.807, 2.05) is 34.6 Å². The van der Waals surface area contributed by atoms with Gasteiger partial charge in [0.15, 0.2) is 0 Å². The van der Waals surface area contributed by atoms with Crippen molar-refractivity contribution < 1.29 is 14.3 Å². The van der Waals surface area contributed by atoms with Crippen LogP contribution in [-0.2, 0) is 9.47 Å². The van der Waals surface area contributed by atoms with E-state index < -0.39 is 5.60 Å². The second-order valence-corrected chi connectivity index (χ2v) is 6.29. The monoisotopic (exact) mass is 272 g/mol. The summed E-state index contributed by atoms with van der Waals surface area (Å²) in [6, 6.07) is 0.350. The second kappa shape index (κ2) is 7.10. The molecule has 0 aromatic rings. The lowest BCUT2D eigenvalue weighted by molar-refractivity contribution is 0.0290. The molecule has 1 aliphatic rings. The molecule has 0 aliphatic carbocycles. The first-order valence-electron chi connectivity index (χ1n) is 7.11. The van der Waals surface area contributed by atoms with Gasteiger partial charge in [-0.2, -0.15) is 0 Å². The van der Waals surface area contributed by atoms with Gasteiger partial charge in [-0.15, -0.1) is 0 Å². The van der Waals surface area contributed by atoms with Gasteiger partial charge in [-0.3, -0.25) is 0 Å². The van der Waals surface area contributed by atoms with E-state index in [0.717, 1.165) is 26.1 Å². The van der Waals surface area contributed by atoms with Crippen molar-refractivity contribution in [3.63, 3.8) is 0 Å². The quantitative estimate of drug-likeness (QED) is 0.778. The number of carbonyl (C=O) groups is 1. The average Bonchev–Trinajstić information content (AvgIpc) is 2.70. The summed E-state index contributed by atoms with van der Waals surface area (Å²) in [5, 5.41) is 3.41. The number of nitrogens with one attached hydrogen (secondary N) is 1. The van der Waals surface area contributed by atoms with Crippen LogP contribution in [0.2, 0.25) is 0 Å². The summed E-state index contributed by atoms with van der Waals surface area (Å²) < 4.78 is 10.8. The molecule has 1 unspecified atom stereocenters. The molecule has 0 saturated carbocycles. The minimum Gasteiger partial charge on any atom is -0.444 e.